The Kier molecular flexibility index (Phi) is 6.30. The first-order valence-electron chi connectivity index (χ1n) is 10.2. The summed E-state index contributed by atoms with van der Waals surface area (Å²) in [5, 5.41) is 0.732. The molecule has 5 heteroatoms. The van der Waals surface area contributed by atoms with Gasteiger partial charge in [0, 0.05) is 36.9 Å². The number of rotatable bonds is 9. The summed E-state index contributed by atoms with van der Waals surface area (Å²) in [7, 11) is 0. The van der Waals surface area contributed by atoms with Crippen LogP contribution >= 0.6 is 11.6 Å². The number of aryl methyl sites for hydroxylation is 1. The zero-order valence-electron chi connectivity index (χ0n) is 16.5. The van der Waals surface area contributed by atoms with Crippen LogP contribution in [0, 0.1) is 5.92 Å². The van der Waals surface area contributed by atoms with Gasteiger partial charge in [-0.3, -0.25) is 4.79 Å². The maximum absolute atomic E-state index is 13.0. The van der Waals surface area contributed by atoms with Gasteiger partial charge in [0.25, 0.3) is 0 Å². The first kappa shape index (κ1) is 19.7. The van der Waals surface area contributed by atoms with Crippen LogP contribution in [0.4, 0.5) is 0 Å². The van der Waals surface area contributed by atoms with E-state index in [1.807, 2.05) is 53.7 Å². The van der Waals surface area contributed by atoms with Crippen molar-refractivity contribution >= 4 is 17.5 Å². The second kappa shape index (κ2) is 9.27. The largest absolute Gasteiger partial charge is 0.335 e. The van der Waals surface area contributed by atoms with Crippen LogP contribution in [0.25, 0.3) is 0 Å². The van der Waals surface area contributed by atoms with Gasteiger partial charge in [0.2, 0.25) is 5.91 Å². The van der Waals surface area contributed by atoms with Crippen molar-refractivity contribution in [2.75, 3.05) is 6.54 Å². The first-order chi connectivity index (χ1) is 14.2. The first-order valence-corrected chi connectivity index (χ1v) is 10.6. The third-order valence-corrected chi connectivity index (χ3v) is 5.61. The lowest BCUT2D eigenvalue weighted by Gasteiger charge is -2.23. The Morgan fingerprint density at radius 3 is 2.66 bits per heavy atom. The van der Waals surface area contributed by atoms with E-state index in [4.69, 9.17) is 11.6 Å². The fraction of sp³-hybridized carbons (Fsp3) is 0.333. The normalized spacial score (nSPS) is 13.4. The van der Waals surface area contributed by atoms with E-state index in [1.54, 1.807) is 0 Å². The molecule has 0 atom stereocenters. The fourth-order valence-electron chi connectivity index (χ4n) is 3.56. The van der Waals surface area contributed by atoms with E-state index in [-0.39, 0.29) is 5.91 Å². The lowest BCUT2D eigenvalue weighted by Crippen LogP contribution is -2.33. The topological polar surface area (TPSA) is 38.1 Å². The van der Waals surface area contributed by atoms with Crippen LogP contribution in [0.5, 0.6) is 0 Å². The minimum absolute atomic E-state index is 0.207. The van der Waals surface area contributed by atoms with Crippen LogP contribution in [0.1, 0.15) is 36.2 Å². The molecule has 0 radical (unpaired) electrons. The predicted octanol–water partition coefficient (Wildman–Crippen LogP) is 4.96. The molecule has 1 saturated carbocycles. The number of halogens is 1. The molecule has 2 aromatic carbocycles. The molecular weight excluding hydrogens is 382 g/mol. The third kappa shape index (κ3) is 5.70. The van der Waals surface area contributed by atoms with Crippen LogP contribution in [0.3, 0.4) is 0 Å². The van der Waals surface area contributed by atoms with E-state index >= 15 is 0 Å². The van der Waals surface area contributed by atoms with Gasteiger partial charge in [-0.15, -0.1) is 0 Å². The minimum Gasteiger partial charge on any atom is -0.335 e. The Hall–Kier alpha value is -2.59. The number of nitrogens with zero attached hydrogens (tertiary/aromatic N) is 3. The Morgan fingerprint density at radius 1 is 1.10 bits per heavy atom. The van der Waals surface area contributed by atoms with Gasteiger partial charge in [-0.05, 0) is 48.4 Å². The molecule has 1 aromatic heterocycles. The van der Waals surface area contributed by atoms with Crippen molar-refractivity contribution in [1.29, 1.82) is 0 Å². The summed E-state index contributed by atoms with van der Waals surface area (Å²) in [6.45, 7) is 2.08. The van der Waals surface area contributed by atoms with Crippen LogP contribution in [0.2, 0.25) is 5.02 Å². The molecule has 0 unspecified atom stereocenters. The Bertz CT molecular complexity index is 950. The van der Waals surface area contributed by atoms with Crippen LogP contribution in [-0.4, -0.2) is 26.9 Å². The Morgan fingerprint density at radius 2 is 1.90 bits per heavy atom. The number of hydrogen-bond donors (Lipinski definition) is 0. The molecule has 4 rings (SSSR count). The lowest BCUT2D eigenvalue weighted by atomic mass is 10.1. The monoisotopic (exact) mass is 407 g/mol. The molecule has 29 heavy (non-hydrogen) atoms. The van der Waals surface area contributed by atoms with E-state index < -0.39 is 0 Å². The second-order valence-electron chi connectivity index (χ2n) is 7.80. The molecule has 3 aromatic rings. The molecule has 0 saturated heterocycles. The SMILES string of the molecule is O=C(CCc1ccccc1)N(Cc1nccn1Cc1cccc(Cl)c1)CC1CC1. The standard InChI is InChI=1S/C24H26ClN3O/c25-22-8-4-7-21(15-22)17-27-14-13-26-23(27)18-28(16-20-9-10-20)24(29)12-11-19-5-2-1-3-6-19/h1-8,13-15,20H,9-12,16-18H2. The van der Waals surface area contributed by atoms with Gasteiger partial charge < -0.3 is 9.47 Å². The summed E-state index contributed by atoms with van der Waals surface area (Å²) in [6.07, 6.45) is 7.53. The number of aromatic nitrogens is 2. The van der Waals surface area contributed by atoms with Gasteiger partial charge in [-0.1, -0.05) is 54.1 Å². The number of carbonyl (C=O) groups is 1. The van der Waals surface area contributed by atoms with Crippen LogP contribution < -0.4 is 0 Å². The molecule has 0 spiro atoms. The molecule has 4 nitrogen and oxygen atoms in total. The molecule has 1 aliphatic carbocycles. The van der Waals surface area contributed by atoms with Gasteiger partial charge in [-0.2, -0.15) is 0 Å². The van der Waals surface area contributed by atoms with Crippen molar-refractivity contribution in [3.05, 3.63) is 89.0 Å². The highest BCUT2D eigenvalue weighted by molar-refractivity contribution is 6.30. The highest BCUT2D eigenvalue weighted by Gasteiger charge is 2.27. The summed E-state index contributed by atoms with van der Waals surface area (Å²) in [4.78, 5) is 19.5. The van der Waals surface area contributed by atoms with Crippen molar-refractivity contribution in [3.8, 4) is 0 Å². The van der Waals surface area contributed by atoms with Gasteiger partial charge in [0.1, 0.15) is 5.82 Å². The molecule has 0 aliphatic heterocycles. The number of imidazole rings is 1. The second-order valence-corrected chi connectivity index (χ2v) is 8.24. The van der Waals surface area contributed by atoms with Crippen molar-refractivity contribution in [1.82, 2.24) is 14.5 Å². The smallest absolute Gasteiger partial charge is 0.223 e. The van der Waals surface area contributed by atoms with E-state index in [1.165, 1.54) is 18.4 Å². The molecular formula is C24H26ClN3O. The number of hydrogen-bond acceptors (Lipinski definition) is 2. The predicted molar refractivity (Wildman–Crippen MR) is 116 cm³/mol. The number of amides is 1. The minimum atomic E-state index is 0.207. The van der Waals surface area contributed by atoms with E-state index in [0.717, 1.165) is 29.4 Å². The zero-order valence-corrected chi connectivity index (χ0v) is 17.3. The Labute approximate surface area is 177 Å². The average Bonchev–Trinajstić information content (AvgIpc) is 3.45. The number of benzene rings is 2. The molecule has 1 aliphatic rings. The van der Waals surface area contributed by atoms with E-state index in [0.29, 0.717) is 25.4 Å². The van der Waals surface area contributed by atoms with Crippen molar-refractivity contribution in [2.45, 2.75) is 38.8 Å². The molecule has 150 valence electrons. The zero-order chi connectivity index (χ0) is 20.1. The summed E-state index contributed by atoms with van der Waals surface area (Å²) >= 11 is 6.12. The molecule has 1 fully saturated rings. The third-order valence-electron chi connectivity index (χ3n) is 5.37. The van der Waals surface area contributed by atoms with Crippen molar-refractivity contribution < 1.29 is 4.79 Å². The fourth-order valence-corrected chi connectivity index (χ4v) is 3.77. The quantitative estimate of drug-likeness (QED) is 0.503. The highest BCUT2D eigenvalue weighted by atomic mass is 35.5. The van der Waals surface area contributed by atoms with Gasteiger partial charge >= 0.3 is 0 Å². The van der Waals surface area contributed by atoms with E-state index in [2.05, 4.69) is 27.8 Å². The Balaban J connectivity index is 1.43. The highest BCUT2D eigenvalue weighted by Crippen LogP contribution is 2.30. The maximum atomic E-state index is 13.0. The molecule has 0 bridgehead atoms. The summed E-state index contributed by atoms with van der Waals surface area (Å²) < 4.78 is 2.11. The summed E-state index contributed by atoms with van der Waals surface area (Å²) in [6, 6.07) is 18.1. The maximum Gasteiger partial charge on any atom is 0.223 e. The van der Waals surface area contributed by atoms with Crippen LogP contribution in [0.15, 0.2) is 67.0 Å². The van der Waals surface area contributed by atoms with Crippen LogP contribution in [-0.2, 0) is 24.3 Å². The molecule has 1 heterocycles. The van der Waals surface area contributed by atoms with Crippen molar-refractivity contribution in [3.63, 3.8) is 0 Å². The number of carbonyl (C=O) groups excluding carboxylic acids is 1. The summed E-state index contributed by atoms with van der Waals surface area (Å²) in [5.74, 6) is 1.77. The van der Waals surface area contributed by atoms with Crippen molar-refractivity contribution in [2.24, 2.45) is 5.92 Å². The molecule has 0 N–H and O–H groups in total. The van der Waals surface area contributed by atoms with Gasteiger partial charge in [-0.25, -0.2) is 4.98 Å². The van der Waals surface area contributed by atoms with Gasteiger partial charge in [0.05, 0.1) is 6.54 Å². The van der Waals surface area contributed by atoms with E-state index in [9.17, 15) is 4.79 Å². The molecule has 1 amide bonds. The lowest BCUT2D eigenvalue weighted by molar-refractivity contribution is -0.132. The van der Waals surface area contributed by atoms with Gasteiger partial charge in [0.15, 0.2) is 0 Å². The average molecular weight is 408 g/mol. The summed E-state index contributed by atoms with van der Waals surface area (Å²) in [5.41, 5.74) is 2.33.